The SMILES string of the molecule is CN(C)CCOc1ccc(NC(=O)c2cn(C)nc2C(F)(F)F)cc1. The van der Waals surface area contributed by atoms with Gasteiger partial charge in [-0.3, -0.25) is 9.48 Å². The van der Waals surface area contributed by atoms with E-state index in [1.165, 1.54) is 7.05 Å². The predicted octanol–water partition coefficient (Wildman–Crippen LogP) is 2.63. The van der Waals surface area contributed by atoms with E-state index >= 15 is 0 Å². The van der Waals surface area contributed by atoms with Crippen molar-refractivity contribution < 1.29 is 22.7 Å². The minimum atomic E-state index is -4.70. The highest BCUT2D eigenvalue weighted by molar-refractivity contribution is 6.05. The van der Waals surface area contributed by atoms with Crippen molar-refractivity contribution in [2.45, 2.75) is 6.18 Å². The van der Waals surface area contributed by atoms with Gasteiger partial charge in [0, 0.05) is 25.5 Å². The summed E-state index contributed by atoms with van der Waals surface area (Å²) in [6.45, 7) is 1.25. The summed E-state index contributed by atoms with van der Waals surface area (Å²) in [5, 5.41) is 5.74. The number of hydrogen-bond donors (Lipinski definition) is 1. The van der Waals surface area contributed by atoms with Gasteiger partial charge in [0.2, 0.25) is 0 Å². The van der Waals surface area contributed by atoms with Crippen LogP contribution >= 0.6 is 0 Å². The van der Waals surface area contributed by atoms with Crippen LogP contribution < -0.4 is 10.1 Å². The molecule has 0 unspecified atom stereocenters. The van der Waals surface area contributed by atoms with Crippen molar-refractivity contribution in [3.8, 4) is 5.75 Å². The van der Waals surface area contributed by atoms with E-state index in [-0.39, 0.29) is 0 Å². The lowest BCUT2D eigenvalue weighted by Crippen LogP contribution is -2.19. The summed E-state index contributed by atoms with van der Waals surface area (Å²) >= 11 is 0. The van der Waals surface area contributed by atoms with Crippen LogP contribution in [0.3, 0.4) is 0 Å². The van der Waals surface area contributed by atoms with Crippen molar-refractivity contribution in [3.63, 3.8) is 0 Å². The minimum absolute atomic E-state index is 0.363. The number of nitrogens with zero attached hydrogens (tertiary/aromatic N) is 3. The lowest BCUT2D eigenvalue weighted by molar-refractivity contribution is -0.141. The van der Waals surface area contributed by atoms with Gasteiger partial charge in [-0.2, -0.15) is 18.3 Å². The molecule has 0 aliphatic heterocycles. The third-order valence-electron chi connectivity index (χ3n) is 3.26. The molecule has 0 saturated heterocycles. The molecular weight excluding hydrogens is 337 g/mol. The number of aromatic nitrogens is 2. The summed E-state index contributed by atoms with van der Waals surface area (Å²) in [6, 6.07) is 6.40. The van der Waals surface area contributed by atoms with Crippen LogP contribution in [0.4, 0.5) is 18.9 Å². The first-order valence-electron chi connectivity index (χ1n) is 7.46. The van der Waals surface area contributed by atoms with Crippen LogP contribution in [-0.4, -0.2) is 47.8 Å². The molecule has 6 nitrogen and oxygen atoms in total. The highest BCUT2D eigenvalue weighted by Crippen LogP contribution is 2.31. The first kappa shape index (κ1) is 18.8. The number of ether oxygens (including phenoxy) is 1. The number of carbonyl (C=O) groups is 1. The molecule has 0 bridgehead atoms. The maximum absolute atomic E-state index is 12.9. The van der Waals surface area contributed by atoms with Gasteiger partial charge in [0.05, 0.1) is 5.56 Å². The Morgan fingerprint density at radius 3 is 2.48 bits per heavy atom. The molecule has 0 spiro atoms. The normalized spacial score (nSPS) is 11.6. The number of anilines is 1. The summed E-state index contributed by atoms with van der Waals surface area (Å²) in [7, 11) is 5.18. The van der Waals surface area contributed by atoms with Crippen molar-refractivity contribution in [2.75, 3.05) is 32.6 Å². The van der Waals surface area contributed by atoms with E-state index in [0.717, 1.165) is 17.4 Å². The Balaban J connectivity index is 2.04. The van der Waals surface area contributed by atoms with Crippen molar-refractivity contribution in [1.29, 1.82) is 0 Å². The average molecular weight is 356 g/mol. The van der Waals surface area contributed by atoms with Crippen LogP contribution in [0.25, 0.3) is 0 Å². The fourth-order valence-corrected chi connectivity index (χ4v) is 2.04. The van der Waals surface area contributed by atoms with Gasteiger partial charge in [0.1, 0.15) is 12.4 Å². The largest absolute Gasteiger partial charge is 0.492 e. The van der Waals surface area contributed by atoms with E-state index in [4.69, 9.17) is 4.74 Å². The van der Waals surface area contributed by atoms with E-state index in [1.54, 1.807) is 24.3 Å². The fraction of sp³-hybridized carbons (Fsp3) is 0.375. The van der Waals surface area contributed by atoms with E-state index in [0.29, 0.717) is 18.0 Å². The molecule has 2 aromatic rings. The number of nitrogens with one attached hydrogen (secondary N) is 1. The number of alkyl halides is 3. The third-order valence-corrected chi connectivity index (χ3v) is 3.26. The van der Waals surface area contributed by atoms with Gasteiger partial charge in [-0.15, -0.1) is 0 Å². The van der Waals surface area contributed by atoms with Gasteiger partial charge in [0.25, 0.3) is 5.91 Å². The minimum Gasteiger partial charge on any atom is -0.492 e. The van der Waals surface area contributed by atoms with Gasteiger partial charge < -0.3 is 15.0 Å². The predicted molar refractivity (Wildman–Crippen MR) is 86.7 cm³/mol. The van der Waals surface area contributed by atoms with E-state index in [1.807, 2.05) is 19.0 Å². The summed E-state index contributed by atoms with van der Waals surface area (Å²) in [5.41, 5.74) is -1.38. The number of rotatable bonds is 6. The third kappa shape index (κ3) is 5.21. The number of likely N-dealkylation sites (N-methyl/N-ethyl adjacent to an activating group) is 1. The first-order valence-corrected chi connectivity index (χ1v) is 7.46. The maximum Gasteiger partial charge on any atom is 0.435 e. The number of halogens is 3. The smallest absolute Gasteiger partial charge is 0.435 e. The maximum atomic E-state index is 12.9. The molecule has 1 aromatic heterocycles. The molecule has 0 aliphatic carbocycles. The Kier molecular flexibility index (Phi) is 5.68. The second-order valence-corrected chi connectivity index (χ2v) is 5.69. The molecule has 1 aromatic carbocycles. The van der Waals surface area contributed by atoms with Crippen molar-refractivity contribution in [1.82, 2.24) is 14.7 Å². The monoisotopic (exact) mass is 356 g/mol. The molecule has 9 heteroatoms. The topological polar surface area (TPSA) is 59.4 Å². The highest BCUT2D eigenvalue weighted by atomic mass is 19.4. The van der Waals surface area contributed by atoms with Gasteiger partial charge in [-0.05, 0) is 38.4 Å². The van der Waals surface area contributed by atoms with Crippen molar-refractivity contribution in [2.24, 2.45) is 7.05 Å². The van der Waals surface area contributed by atoms with E-state index < -0.39 is 23.3 Å². The molecule has 0 fully saturated rings. The van der Waals surface area contributed by atoms with Crippen LogP contribution in [0.5, 0.6) is 5.75 Å². The van der Waals surface area contributed by atoms with Crippen LogP contribution in [0.2, 0.25) is 0 Å². The number of carbonyl (C=O) groups excluding carboxylic acids is 1. The molecule has 25 heavy (non-hydrogen) atoms. The quantitative estimate of drug-likeness (QED) is 0.864. The second kappa shape index (κ2) is 7.56. The molecule has 1 N–H and O–H groups in total. The Morgan fingerprint density at radius 2 is 1.92 bits per heavy atom. The Labute approximate surface area is 143 Å². The average Bonchev–Trinajstić information content (AvgIpc) is 2.91. The zero-order valence-electron chi connectivity index (χ0n) is 14.1. The van der Waals surface area contributed by atoms with Crippen molar-refractivity contribution >= 4 is 11.6 Å². The van der Waals surface area contributed by atoms with Crippen LogP contribution in [-0.2, 0) is 13.2 Å². The number of hydrogen-bond acceptors (Lipinski definition) is 4. The molecule has 2 rings (SSSR count). The zero-order valence-corrected chi connectivity index (χ0v) is 14.1. The lowest BCUT2D eigenvalue weighted by Gasteiger charge is -2.11. The summed E-state index contributed by atoms with van der Waals surface area (Å²) in [6.07, 6.45) is -3.66. The van der Waals surface area contributed by atoms with Crippen LogP contribution in [0.15, 0.2) is 30.5 Å². The molecule has 0 aliphatic rings. The first-order chi connectivity index (χ1) is 11.7. The number of benzene rings is 1. The van der Waals surface area contributed by atoms with Crippen LogP contribution in [0, 0.1) is 0 Å². The van der Waals surface area contributed by atoms with Crippen LogP contribution in [0.1, 0.15) is 16.1 Å². The number of aryl methyl sites for hydroxylation is 1. The summed E-state index contributed by atoms with van der Waals surface area (Å²) < 4.78 is 45.2. The van der Waals surface area contributed by atoms with Gasteiger partial charge in [-0.25, -0.2) is 0 Å². The van der Waals surface area contributed by atoms with Gasteiger partial charge in [-0.1, -0.05) is 0 Å². The fourth-order valence-electron chi connectivity index (χ4n) is 2.04. The standard InChI is InChI=1S/C16H19F3N4O2/c1-22(2)8-9-25-12-6-4-11(5-7-12)20-15(24)13-10-23(3)21-14(13)16(17,18)19/h4-7,10H,8-9H2,1-3H3,(H,20,24). The molecule has 0 radical (unpaired) electrons. The van der Waals surface area contributed by atoms with Gasteiger partial charge in [0.15, 0.2) is 5.69 Å². The Hall–Kier alpha value is -2.55. The second-order valence-electron chi connectivity index (χ2n) is 5.69. The molecular formula is C16H19F3N4O2. The molecule has 0 saturated carbocycles. The molecule has 1 amide bonds. The lowest BCUT2D eigenvalue weighted by atomic mass is 10.2. The van der Waals surface area contributed by atoms with E-state index in [2.05, 4.69) is 10.4 Å². The van der Waals surface area contributed by atoms with Crippen molar-refractivity contribution in [3.05, 3.63) is 41.7 Å². The van der Waals surface area contributed by atoms with E-state index in [9.17, 15) is 18.0 Å². The zero-order chi connectivity index (χ0) is 18.6. The molecule has 0 atom stereocenters. The summed E-state index contributed by atoms with van der Waals surface area (Å²) in [4.78, 5) is 14.1. The summed E-state index contributed by atoms with van der Waals surface area (Å²) in [5.74, 6) is -0.265. The van der Waals surface area contributed by atoms with Gasteiger partial charge >= 0.3 is 6.18 Å². The Morgan fingerprint density at radius 1 is 1.28 bits per heavy atom. The molecule has 1 heterocycles. The Bertz CT molecular complexity index is 724. The number of amides is 1. The highest BCUT2D eigenvalue weighted by Gasteiger charge is 2.38. The molecule has 136 valence electrons.